The van der Waals surface area contributed by atoms with E-state index in [0.29, 0.717) is 25.1 Å². The average Bonchev–Trinajstić information content (AvgIpc) is 3.24. The first-order chi connectivity index (χ1) is 17.2. The molecule has 190 valence electrons. The fraction of sp³-hybridized carbons (Fsp3) is 0.320. The molecule has 11 heteroatoms. The van der Waals surface area contributed by atoms with Crippen molar-refractivity contribution in [2.45, 2.75) is 26.3 Å². The van der Waals surface area contributed by atoms with Crippen molar-refractivity contribution in [1.29, 1.82) is 5.26 Å². The molecule has 1 N–H and O–H groups in total. The lowest BCUT2D eigenvalue weighted by molar-refractivity contribution is 0.0975. The minimum absolute atomic E-state index is 0.132. The molecule has 1 aromatic heterocycles. The molecule has 0 atom stereocenters. The Hall–Kier alpha value is -3.75. The minimum atomic E-state index is -3.87. The summed E-state index contributed by atoms with van der Waals surface area (Å²) < 4.78 is 50.4. The second-order valence-corrected chi connectivity index (χ2v) is 9.95. The van der Waals surface area contributed by atoms with E-state index < -0.39 is 15.9 Å². The van der Waals surface area contributed by atoms with Crippen LogP contribution in [0.3, 0.4) is 0 Å². The van der Waals surface area contributed by atoms with Gasteiger partial charge in [0.2, 0.25) is 10.0 Å². The van der Waals surface area contributed by atoms with Crippen molar-refractivity contribution in [2.24, 2.45) is 0 Å². The molecule has 9 nitrogen and oxygen atoms in total. The van der Waals surface area contributed by atoms with Crippen LogP contribution >= 0.6 is 0 Å². The van der Waals surface area contributed by atoms with Gasteiger partial charge in [-0.15, -0.1) is 0 Å². The molecule has 0 saturated carbocycles. The van der Waals surface area contributed by atoms with Crippen LogP contribution in [-0.4, -0.2) is 45.3 Å². The van der Waals surface area contributed by atoms with Crippen LogP contribution in [0, 0.1) is 24.1 Å². The summed E-state index contributed by atoms with van der Waals surface area (Å²) >= 11 is 0. The Kier molecular flexibility index (Phi) is 9.16. The fourth-order valence-electron chi connectivity index (χ4n) is 3.42. The first-order valence-electron chi connectivity index (χ1n) is 11.2. The van der Waals surface area contributed by atoms with Gasteiger partial charge in [-0.05, 0) is 55.2 Å². The summed E-state index contributed by atoms with van der Waals surface area (Å²) in [7, 11) is -2.40. The van der Waals surface area contributed by atoms with Gasteiger partial charge in [0.15, 0.2) is 5.69 Å². The number of aryl methyl sites for hydroxylation is 1. The number of nitrogens with zero attached hydrogens (tertiary/aromatic N) is 3. The molecular weight excluding hydrogens is 487 g/mol. The highest BCUT2D eigenvalue weighted by molar-refractivity contribution is 7.90. The second kappa shape index (κ2) is 12.3. The molecule has 0 spiro atoms. The van der Waals surface area contributed by atoms with E-state index in [1.165, 1.54) is 26.2 Å². The molecule has 0 unspecified atom stereocenters. The van der Waals surface area contributed by atoms with E-state index in [9.17, 15) is 17.6 Å². The van der Waals surface area contributed by atoms with Crippen molar-refractivity contribution in [1.82, 2.24) is 9.71 Å². The van der Waals surface area contributed by atoms with Gasteiger partial charge < -0.3 is 14.1 Å². The zero-order chi connectivity index (χ0) is 26.1. The number of benzene rings is 2. The lowest BCUT2D eigenvalue weighted by atomic mass is 10.1. The summed E-state index contributed by atoms with van der Waals surface area (Å²) in [6.07, 6.45) is 0.812. The molecule has 0 saturated heterocycles. The van der Waals surface area contributed by atoms with Gasteiger partial charge in [0.05, 0.1) is 17.4 Å². The van der Waals surface area contributed by atoms with E-state index in [4.69, 9.17) is 14.4 Å². The van der Waals surface area contributed by atoms with E-state index in [-0.39, 0.29) is 42.1 Å². The number of hydrogen-bond donors (Lipinski definition) is 1. The maximum absolute atomic E-state index is 13.4. The average molecular weight is 515 g/mol. The van der Waals surface area contributed by atoms with Gasteiger partial charge in [0, 0.05) is 26.8 Å². The largest absolute Gasteiger partial charge is 0.428 e. The number of nitriles is 1. The standard InChI is InChI=1S/C25H27FN4O5S/c1-18-23(24(31)29-36(32,33)15-3-14-34-2)28-25(35-18)30(17-21-8-10-22(26)11-9-21)13-12-19-4-6-20(16-27)7-5-19/h4-11H,3,12-15,17H2,1-2H3,(H,29,31). The first-order valence-corrected chi connectivity index (χ1v) is 12.9. The van der Waals surface area contributed by atoms with Crippen LogP contribution < -0.4 is 9.62 Å². The molecule has 0 aliphatic carbocycles. The molecule has 3 aromatic rings. The summed E-state index contributed by atoms with van der Waals surface area (Å²) in [6.45, 7) is 2.52. The number of sulfonamides is 1. The summed E-state index contributed by atoms with van der Waals surface area (Å²) in [4.78, 5) is 18.7. The van der Waals surface area contributed by atoms with Crippen LogP contribution in [0.1, 0.15) is 39.4 Å². The third kappa shape index (κ3) is 7.63. The van der Waals surface area contributed by atoms with Gasteiger partial charge in [-0.25, -0.2) is 17.5 Å². The Bertz CT molecular complexity index is 1320. The highest BCUT2D eigenvalue weighted by Gasteiger charge is 2.24. The fourth-order valence-corrected chi connectivity index (χ4v) is 4.40. The van der Waals surface area contributed by atoms with Crippen molar-refractivity contribution in [3.05, 3.63) is 82.5 Å². The van der Waals surface area contributed by atoms with Crippen LogP contribution in [0.5, 0.6) is 0 Å². The van der Waals surface area contributed by atoms with E-state index in [1.807, 2.05) is 16.9 Å². The summed E-state index contributed by atoms with van der Waals surface area (Å²) in [5.74, 6) is -1.34. The van der Waals surface area contributed by atoms with Gasteiger partial charge in [-0.1, -0.05) is 24.3 Å². The number of nitrogens with one attached hydrogen (secondary N) is 1. The van der Waals surface area contributed by atoms with Crippen LogP contribution in [0.2, 0.25) is 0 Å². The molecule has 36 heavy (non-hydrogen) atoms. The molecule has 2 aromatic carbocycles. The maximum Gasteiger partial charge on any atom is 0.298 e. The highest BCUT2D eigenvalue weighted by Crippen LogP contribution is 2.22. The van der Waals surface area contributed by atoms with E-state index in [0.717, 1.165) is 11.1 Å². The SMILES string of the molecule is COCCCS(=O)(=O)NC(=O)c1nc(N(CCc2ccc(C#N)cc2)Cc2ccc(F)cc2)oc1C. The number of amides is 1. The monoisotopic (exact) mass is 514 g/mol. The molecule has 1 amide bonds. The van der Waals surface area contributed by atoms with E-state index in [2.05, 4.69) is 11.1 Å². The normalized spacial score (nSPS) is 11.2. The number of hydrogen-bond acceptors (Lipinski definition) is 8. The molecular formula is C25H27FN4O5S. The van der Waals surface area contributed by atoms with Crippen molar-refractivity contribution < 1.29 is 26.8 Å². The molecule has 3 rings (SSSR count). The van der Waals surface area contributed by atoms with Crippen LogP contribution in [0.4, 0.5) is 10.4 Å². The first kappa shape index (κ1) is 26.8. The number of oxazole rings is 1. The van der Waals surface area contributed by atoms with Gasteiger partial charge in [0.25, 0.3) is 11.9 Å². The number of halogens is 1. The van der Waals surface area contributed by atoms with Crippen molar-refractivity contribution in [3.8, 4) is 6.07 Å². The molecule has 1 heterocycles. The smallest absolute Gasteiger partial charge is 0.298 e. The Labute approximate surface area is 209 Å². The molecule has 0 bridgehead atoms. The number of rotatable bonds is 12. The summed E-state index contributed by atoms with van der Waals surface area (Å²) in [5, 5.41) is 9.00. The number of aromatic nitrogens is 1. The van der Waals surface area contributed by atoms with Crippen LogP contribution in [0.15, 0.2) is 52.9 Å². The van der Waals surface area contributed by atoms with Gasteiger partial charge in [0.1, 0.15) is 11.6 Å². The molecule has 0 aliphatic heterocycles. The zero-order valence-corrected chi connectivity index (χ0v) is 20.8. The second-order valence-electron chi connectivity index (χ2n) is 8.10. The maximum atomic E-state index is 13.4. The quantitative estimate of drug-likeness (QED) is 0.365. The summed E-state index contributed by atoms with van der Waals surface area (Å²) in [5.41, 5.74) is 2.18. The highest BCUT2D eigenvalue weighted by atomic mass is 32.2. The third-order valence-electron chi connectivity index (χ3n) is 5.32. The Morgan fingerprint density at radius 2 is 1.83 bits per heavy atom. The van der Waals surface area contributed by atoms with Crippen molar-refractivity contribution >= 4 is 21.9 Å². The third-order valence-corrected chi connectivity index (χ3v) is 6.64. The number of anilines is 1. The number of methoxy groups -OCH3 is 1. The summed E-state index contributed by atoms with van der Waals surface area (Å²) in [6, 6.07) is 15.3. The Morgan fingerprint density at radius 3 is 2.47 bits per heavy atom. The van der Waals surface area contributed by atoms with Gasteiger partial charge in [-0.3, -0.25) is 4.79 Å². The lowest BCUT2D eigenvalue weighted by Gasteiger charge is -2.21. The predicted molar refractivity (Wildman–Crippen MR) is 131 cm³/mol. The van der Waals surface area contributed by atoms with Crippen LogP contribution in [0.25, 0.3) is 0 Å². The Balaban J connectivity index is 1.80. The topological polar surface area (TPSA) is 126 Å². The minimum Gasteiger partial charge on any atom is -0.428 e. The zero-order valence-electron chi connectivity index (χ0n) is 20.0. The van der Waals surface area contributed by atoms with Crippen LogP contribution in [-0.2, 0) is 27.7 Å². The number of carbonyl (C=O) groups is 1. The van der Waals surface area contributed by atoms with Gasteiger partial charge in [-0.2, -0.15) is 10.2 Å². The van der Waals surface area contributed by atoms with Gasteiger partial charge >= 0.3 is 0 Å². The molecule has 0 radical (unpaired) electrons. The molecule has 0 aliphatic rings. The lowest BCUT2D eigenvalue weighted by Crippen LogP contribution is -2.33. The van der Waals surface area contributed by atoms with E-state index >= 15 is 0 Å². The van der Waals surface area contributed by atoms with E-state index in [1.54, 1.807) is 29.2 Å². The van der Waals surface area contributed by atoms with Crippen molar-refractivity contribution in [3.63, 3.8) is 0 Å². The predicted octanol–water partition coefficient (Wildman–Crippen LogP) is 3.34. The Morgan fingerprint density at radius 1 is 1.17 bits per heavy atom. The number of carbonyl (C=O) groups excluding carboxylic acids is 1. The molecule has 0 fully saturated rings. The van der Waals surface area contributed by atoms with Crippen molar-refractivity contribution in [2.75, 3.05) is 30.9 Å². The number of ether oxygens (including phenoxy) is 1.